The highest BCUT2D eigenvalue weighted by Gasteiger charge is 2.43. The van der Waals surface area contributed by atoms with Gasteiger partial charge in [0.15, 0.2) is 0 Å². The average Bonchev–Trinajstić information content (AvgIpc) is 2.95. The number of likely N-dealkylation sites (N-methyl/N-ethyl adjacent to an activating group) is 1. The zero-order chi connectivity index (χ0) is 15.1. The second-order valence-electron chi connectivity index (χ2n) is 5.91. The van der Waals surface area contributed by atoms with E-state index in [9.17, 15) is 13.6 Å². The Bertz CT molecular complexity index is 566. The number of rotatable bonds is 2. The lowest BCUT2D eigenvalue weighted by molar-refractivity contribution is -0.131. The lowest BCUT2D eigenvalue weighted by Gasteiger charge is -2.30. The van der Waals surface area contributed by atoms with Crippen LogP contribution in [0.1, 0.15) is 25.1 Å². The third-order valence-corrected chi connectivity index (χ3v) is 4.33. The van der Waals surface area contributed by atoms with Gasteiger partial charge in [-0.3, -0.25) is 10.1 Å². The van der Waals surface area contributed by atoms with E-state index >= 15 is 0 Å². The van der Waals surface area contributed by atoms with Crippen LogP contribution >= 0.6 is 0 Å². The zero-order valence-corrected chi connectivity index (χ0v) is 12.1. The summed E-state index contributed by atoms with van der Waals surface area (Å²) in [4.78, 5) is 16.3. The summed E-state index contributed by atoms with van der Waals surface area (Å²) in [5, 5.41) is 3.12. The number of hydrogen-bond acceptors (Lipinski definition) is 3. The van der Waals surface area contributed by atoms with Crippen LogP contribution in [0.5, 0.6) is 0 Å². The van der Waals surface area contributed by atoms with Crippen LogP contribution in [0, 0.1) is 11.6 Å². The van der Waals surface area contributed by atoms with Gasteiger partial charge in [-0.1, -0.05) is 0 Å². The molecule has 1 N–H and O–H groups in total. The molecule has 0 aliphatic carbocycles. The van der Waals surface area contributed by atoms with Gasteiger partial charge in [0, 0.05) is 24.2 Å². The number of nitrogens with zero attached hydrogens (tertiary/aromatic N) is 2. The first-order chi connectivity index (χ1) is 9.97. The number of carbonyl (C=O) groups is 1. The second kappa shape index (κ2) is 5.35. The molecule has 2 fully saturated rings. The third kappa shape index (κ3) is 2.53. The molecule has 4 nitrogen and oxygen atoms in total. The van der Waals surface area contributed by atoms with E-state index in [0.717, 1.165) is 25.6 Å². The Morgan fingerprint density at radius 1 is 1.33 bits per heavy atom. The summed E-state index contributed by atoms with van der Waals surface area (Å²) < 4.78 is 27.2. The highest BCUT2D eigenvalue weighted by molar-refractivity contribution is 5.84. The van der Waals surface area contributed by atoms with Crippen molar-refractivity contribution in [2.45, 2.75) is 31.6 Å². The van der Waals surface area contributed by atoms with Crippen LogP contribution < -0.4 is 5.32 Å². The number of halogens is 2. The Labute approximate surface area is 122 Å². The quantitative estimate of drug-likeness (QED) is 0.898. The molecule has 3 rings (SSSR count). The molecule has 2 heterocycles. The predicted molar refractivity (Wildman–Crippen MR) is 74.4 cm³/mol. The monoisotopic (exact) mass is 295 g/mol. The fourth-order valence-corrected chi connectivity index (χ4v) is 3.23. The molecule has 3 atom stereocenters. The predicted octanol–water partition coefficient (Wildman–Crippen LogP) is 1.49. The van der Waals surface area contributed by atoms with E-state index in [-0.39, 0.29) is 18.0 Å². The van der Waals surface area contributed by atoms with Gasteiger partial charge in [-0.2, -0.15) is 0 Å². The number of likely N-dealkylation sites (tertiary alicyclic amines) is 1. The minimum atomic E-state index is -0.620. The number of carbonyl (C=O) groups excluding carboxylic acids is 1. The molecule has 0 bridgehead atoms. The Morgan fingerprint density at radius 3 is 2.71 bits per heavy atom. The normalized spacial score (nSPS) is 30.4. The highest BCUT2D eigenvalue weighted by atomic mass is 19.1. The van der Waals surface area contributed by atoms with Gasteiger partial charge in [0.2, 0.25) is 5.91 Å². The van der Waals surface area contributed by atoms with E-state index in [1.807, 2.05) is 7.05 Å². The summed E-state index contributed by atoms with van der Waals surface area (Å²) in [7, 11) is 2.00. The van der Waals surface area contributed by atoms with Gasteiger partial charge in [0.1, 0.15) is 17.8 Å². The Balaban J connectivity index is 1.93. The van der Waals surface area contributed by atoms with Crippen LogP contribution in [0.3, 0.4) is 0 Å². The van der Waals surface area contributed by atoms with Crippen molar-refractivity contribution in [2.75, 3.05) is 20.1 Å². The second-order valence-corrected chi connectivity index (χ2v) is 5.91. The first-order valence-electron chi connectivity index (χ1n) is 7.19. The summed E-state index contributed by atoms with van der Waals surface area (Å²) in [5.74, 6) is -1.25. The summed E-state index contributed by atoms with van der Waals surface area (Å²) in [6.45, 7) is 3.47. The SMILES string of the molecule is CC1NC(c2ccc(F)cc2F)N(C2CCN(C)C2)C1=O. The molecule has 114 valence electrons. The number of benzene rings is 1. The highest BCUT2D eigenvalue weighted by Crippen LogP contribution is 2.32. The molecule has 2 aliphatic heterocycles. The van der Waals surface area contributed by atoms with Crippen molar-refractivity contribution in [1.29, 1.82) is 0 Å². The molecule has 6 heteroatoms. The molecular formula is C15H19F2N3O. The van der Waals surface area contributed by atoms with Crippen molar-refractivity contribution in [2.24, 2.45) is 0 Å². The van der Waals surface area contributed by atoms with Crippen molar-refractivity contribution in [3.8, 4) is 0 Å². The smallest absolute Gasteiger partial charge is 0.241 e. The minimum absolute atomic E-state index is 0.0241. The van der Waals surface area contributed by atoms with Crippen molar-refractivity contribution in [1.82, 2.24) is 15.1 Å². The Morgan fingerprint density at radius 2 is 2.10 bits per heavy atom. The first-order valence-corrected chi connectivity index (χ1v) is 7.19. The molecule has 0 saturated carbocycles. The first kappa shape index (κ1) is 14.4. The van der Waals surface area contributed by atoms with E-state index < -0.39 is 17.8 Å². The zero-order valence-electron chi connectivity index (χ0n) is 12.1. The van der Waals surface area contributed by atoms with Crippen molar-refractivity contribution < 1.29 is 13.6 Å². The molecule has 2 saturated heterocycles. The fraction of sp³-hybridized carbons (Fsp3) is 0.533. The Kier molecular flexibility index (Phi) is 3.67. The molecule has 21 heavy (non-hydrogen) atoms. The average molecular weight is 295 g/mol. The van der Waals surface area contributed by atoms with Crippen LogP contribution in [-0.4, -0.2) is 47.9 Å². The van der Waals surface area contributed by atoms with E-state index in [1.165, 1.54) is 12.1 Å². The van der Waals surface area contributed by atoms with E-state index in [1.54, 1.807) is 11.8 Å². The molecule has 0 aromatic heterocycles. The largest absolute Gasteiger partial charge is 0.317 e. The van der Waals surface area contributed by atoms with Crippen LogP contribution in [0.2, 0.25) is 0 Å². The molecule has 0 spiro atoms. The van der Waals surface area contributed by atoms with Gasteiger partial charge in [-0.05, 0) is 39.1 Å². The molecule has 1 amide bonds. The van der Waals surface area contributed by atoms with Crippen molar-refractivity contribution in [3.63, 3.8) is 0 Å². The Hall–Kier alpha value is -1.53. The summed E-state index contributed by atoms with van der Waals surface area (Å²) >= 11 is 0. The summed E-state index contributed by atoms with van der Waals surface area (Å²) in [6.07, 6.45) is 0.347. The topological polar surface area (TPSA) is 35.6 Å². The lowest BCUT2D eigenvalue weighted by Crippen LogP contribution is -2.41. The van der Waals surface area contributed by atoms with Crippen LogP contribution in [0.4, 0.5) is 8.78 Å². The maximum Gasteiger partial charge on any atom is 0.241 e. The van der Waals surface area contributed by atoms with E-state index in [4.69, 9.17) is 0 Å². The standard InChI is InChI=1S/C15H19F2N3O/c1-9-15(21)20(11-5-6-19(2)8-11)14(18-9)12-4-3-10(16)7-13(12)17/h3-4,7,9,11,14,18H,5-6,8H2,1-2H3. The molecular weight excluding hydrogens is 276 g/mol. The number of amides is 1. The van der Waals surface area contributed by atoms with Gasteiger partial charge in [-0.25, -0.2) is 8.78 Å². The van der Waals surface area contributed by atoms with Gasteiger partial charge >= 0.3 is 0 Å². The van der Waals surface area contributed by atoms with Crippen LogP contribution in [0.25, 0.3) is 0 Å². The van der Waals surface area contributed by atoms with Crippen LogP contribution in [-0.2, 0) is 4.79 Å². The van der Waals surface area contributed by atoms with Crippen LogP contribution in [0.15, 0.2) is 18.2 Å². The van der Waals surface area contributed by atoms with Crippen molar-refractivity contribution >= 4 is 5.91 Å². The van der Waals surface area contributed by atoms with E-state index in [0.29, 0.717) is 5.56 Å². The molecule has 0 radical (unpaired) electrons. The maximum atomic E-state index is 14.1. The fourth-order valence-electron chi connectivity index (χ4n) is 3.23. The number of hydrogen-bond donors (Lipinski definition) is 1. The third-order valence-electron chi connectivity index (χ3n) is 4.33. The van der Waals surface area contributed by atoms with Gasteiger partial charge in [-0.15, -0.1) is 0 Å². The van der Waals surface area contributed by atoms with Gasteiger partial charge < -0.3 is 9.80 Å². The molecule has 2 aliphatic rings. The lowest BCUT2D eigenvalue weighted by atomic mass is 10.1. The van der Waals surface area contributed by atoms with E-state index in [2.05, 4.69) is 10.2 Å². The van der Waals surface area contributed by atoms with Gasteiger partial charge in [0.25, 0.3) is 0 Å². The van der Waals surface area contributed by atoms with Gasteiger partial charge in [0.05, 0.1) is 6.04 Å². The molecule has 1 aromatic carbocycles. The summed E-state index contributed by atoms with van der Waals surface area (Å²) in [6, 6.07) is 3.22. The maximum absolute atomic E-state index is 14.1. The summed E-state index contributed by atoms with van der Waals surface area (Å²) in [5.41, 5.74) is 0.323. The number of nitrogens with one attached hydrogen (secondary N) is 1. The van der Waals surface area contributed by atoms with Crippen molar-refractivity contribution in [3.05, 3.63) is 35.4 Å². The minimum Gasteiger partial charge on any atom is -0.317 e. The molecule has 3 unspecified atom stereocenters. The molecule has 1 aromatic rings.